The van der Waals surface area contributed by atoms with Crippen LogP contribution in [0.2, 0.25) is 0 Å². The first-order chi connectivity index (χ1) is 3.92. The van der Waals surface area contributed by atoms with Crippen LogP contribution in [0, 0.1) is 17.8 Å². The summed E-state index contributed by atoms with van der Waals surface area (Å²) in [7, 11) is 0. The molecule has 0 aliphatic heterocycles. The van der Waals surface area contributed by atoms with Crippen molar-refractivity contribution in [2.45, 2.75) is 19.3 Å². The summed E-state index contributed by atoms with van der Waals surface area (Å²) in [6.45, 7) is 0.946. The predicted molar refractivity (Wildman–Crippen MR) is 33.4 cm³/mol. The Balaban J connectivity index is 1.97. The second-order valence-electron chi connectivity index (χ2n) is 3.23. The molecule has 8 heavy (non-hydrogen) atoms. The summed E-state index contributed by atoms with van der Waals surface area (Å²) in [4.78, 5) is 0. The molecular formula is C7H13N. The van der Waals surface area contributed by atoms with E-state index in [0.717, 1.165) is 24.3 Å². The maximum atomic E-state index is 5.55. The van der Waals surface area contributed by atoms with Crippen molar-refractivity contribution >= 4 is 0 Å². The zero-order valence-electron chi connectivity index (χ0n) is 5.14. The SMILES string of the molecule is NCC1CC[C@@H]2C[C@H]12. The molecule has 0 spiro atoms. The van der Waals surface area contributed by atoms with Gasteiger partial charge in [-0.1, -0.05) is 0 Å². The minimum absolute atomic E-state index is 0.917. The molecule has 1 unspecified atom stereocenters. The van der Waals surface area contributed by atoms with Crippen LogP contribution in [0.5, 0.6) is 0 Å². The van der Waals surface area contributed by atoms with Crippen molar-refractivity contribution in [1.29, 1.82) is 0 Å². The second kappa shape index (κ2) is 1.47. The van der Waals surface area contributed by atoms with Crippen molar-refractivity contribution < 1.29 is 0 Å². The van der Waals surface area contributed by atoms with Gasteiger partial charge in [0.25, 0.3) is 0 Å². The fourth-order valence-electron chi connectivity index (χ4n) is 2.12. The van der Waals surface area contributed by atoms with Crippen LogP contribution in [-0.4, -0.2) is 6.54 Å². The molecule has 0 saturated heterocycles. The van der Waals surface area contributed by atoms with Gasteiger partial charge in [0.05, 0.1) is 0 Å². The van der Waals surface area contributed by atoms with E-state index in [1.165, 1.54) is 19.3 Å². The zero-order valence-corrected chi connectivity index (χ0v) is 5.14. The van der Waals surface area contributed by atoms with Crippen molar-refractivity contribution in [1.82, 2.24) is 0 Å². The van der Waals surface area contributed by atoms with Crippen LogP contribution in [0.1, 0.15) is 19.3 Å². The lowest BCUT2D eigenvalue weighted by Crippen LogP contribution is -2.13. The smallest absolute Gasteiger partial charge is 0.00461 e. The molecule has 0 bridgehead atoms. The zero-order chi connectivity index (χ0) is 5.56. The molecule has 3 atom stereocenters. The van der Waals surface area contributed by atoms with Gasteiger partial charge in [0, 0.05) is 0 Å². The Morgan fingerprint density at radius 3 is 2.50 bits per heavy atom. The minimum Gasteiger partial charge on any atom is -0.330 e. The van der Waals surface area contributed by atoms with Crippen LogP contribution in [0.25, 0.3) is 0 Å². The fraction of sp³-hybridized carbons (Fsp3) is 1.00. The van der Waals surface area contributed by atoms with Gasteiger partial charge in [-0.25, -0.2) is 0 Å². The highest BCUT2D eigenvalue weighted by molar-refractivity contribution is 4.97. The Kier molecular flexibility index (Phi) is 0.884. The van der Waals surface area contributed by atoms with E-state index in [4.69, 9.17) is 5.73 Å². The molecule has 0 amide bonds. The molecule has 0 aromatic carbocycles. The van der Waals surface area contributed by atoms with E-state index in [2.05, 4.69) is 0 Å². The molecule has 2 saturated carbocycles. The molecule has 2 rings (SSSR count). The lowest BCUT2D eigenvalue weighted by molar-refractivity contribution is 0.492. The predicted octanol–water partition coefficient (Wildman–Crippen LogP) is 0.991. The van der Waals surface area contributed by atoms with E-state index in [0.29, 0.717) is 0 Å². The average Bonchev–Trinajstić information content (AvgIpc) is 2.46. The Hall–Kier alpha value is -0.0400. The maximum absolute atomic E-state index is 5.55. The highest BCUT2D eigenvalue weighted by Crippen LogP contribution is 2.54. The van der Waals surface area contributed by atoms with Gasteiger partial charge >= 0.3 is 0 Å². The molecule has 46 valence electrons. The standard InChI is InChI=1S/C7H13N/c8-4-6-2-1-5-3-7(5)6/h5-7H,1-4,8H2/t5-,6?,7+/m1/s1. The van der Waals surface area contributed by atoms with Crippen molar-refractivity contribution in [3.8, 4) is 0 Å². The van der Waals surface area contributed by atoms with Crippen molar-refractivity contribution in [3.63, 3.8) is 0 Å². The Morgan fingerprint density at radius 2 is 2.25 bits per heavy atom. The Labute approximate surface area is 50.3 Å². The van der Waals surface area contributed by atoms with E-state index in [1.54, 1.807) is 0 Å². The van der Waals surface area contributed by atoms with Gasteiger partial charge in [-0.05, 0) is 43.6 Å². The largest absolute Gasteiger partial charge is 0.330 e. The van der Waals surface area contributed by atoms with Gasteiger partial charge in [-0.15, -0.1) is 0 Å². The summed E-state index contributed by atoms with van der Waals surface area (Å²) >= 11 is 0. The minimum atomic E-state index is 0.917. The second-order valence-corrected chi connectivity index (χ2v) is 3.23. The van der Waals surface area contributed by atoms with E-state index < -0.39 is 0 Å². The molecule has 1 nitrogen and oxygen atoms in total. The normalized spacial score (nSPS) is 51.4. The van der Waals surface area contributed by atoms with Gasteiger partial charge in [0.1, 0.15) is 0 Å². The molecule has 2 aliphatic carbocycles. The van der Waals surface area contributed by atoms with Crippen LogP contribution in [0.3, 0.4) is 0 Å². The fourth-order valence-corrected chi connectivity index (χ4v) is 2.12. The first-order valence-electron chi connectivity index (χ1n) is 3.62. The summed E-state index contributed by atoms with van der Waals surface area (Å²) < 4.78 is 0. The summed E-state index contributed by atoms with van der Waals surface area (Å²) in [6, 6.07) is 0. The first kappa shape index (κ1) is 4.80. The van der Waals surface area contributed by atoms with Crippen LogP contribution in [0.4, 0.5) is 0 Å². The molecule has 1 heteroatoms. The maximum Gasteiger partial charge on any atom is -0.00461 e. The molecule has 0 radical (unpaired) electrons. The first-order valence-corrected chi connectivity index (χ1v) is 3.62. The summed E-state index contributed by atoms with van der Waals surface area (Å²) in [6.07, 6.45) is 4.40. The molecular weight excluding hydrogens is 98.1 g/mol. The highest BCUT2D eigenvalue weighted by atomic mass is 14.6. The summed E-state index contributed by atoms with van der Waals surface area (Å²) in [5, 5.41) is 0. The lowest BCUT2D eigenvalue weighted by Gasteiger charge is -2.04. The van der Waals surface area contributed by atoms with Crippen molar-refractivity contribution in [2.75, 3.05) is 6.54 Å². The van der Waals surface area contributed by atoms with Crippen LogP contribution in [0.15, 0.2) is 0 Å². The van der Waals surface area contributed by atoms with E-state index >= 15 is 0 Å². The molecule has 0 heterocycles. The van der Waals surface area contributed by atoms with Crippen LogP contribution >= 0.6 is 0 Å². The monoisotopic (exact) mass is 111 g/mol. The van der Waals surface area contributed by atoms with Gasteiger partial charge in [0.15, 0.2) is 0 Å². The Bertz CT molecular complexity index is 101. The molecule has 2 aliphatic rings. The number of hydrogen-bond acceptors (Lipinski definition) is 1. The van der Waals surface area contributed by atoms with E-state index in [1.807, 2.05) is 0 Å². The van der Waals surface area contributed by atoms with E-state index in [9.17, 15) is 0 Å². The van der Waals surface area contributed by atoms with Crippen molar-refractivity contribution in [3.05, 3.63) is 0 Å². The average molecular weight is 111 g/mol. The van der Waals surface area contributed by atoms with Gasteiger partial charge in [0.2, 0.25) is 0 Å². The number of nitrogens with two attached hydrogens (primary N) is 1. The molecule has 2 N–H and O–H groups in total. The third kappa shape index (κ3) is 0.510. The van der Waals surface area contributed by atoms with E-state index in [-0.39, 0.29) is 0 Å². The number of rotatable bonds is 1. The summed E-state index contributed by atoms with van der Waals surface area (Å²) in [5.41, 5.74) is 5.55. The molecule has 0 aromatic heterocycles. The number of hydrogen-bond donors (Lipinski definition) is 1. The van der Waals surface area contributed by atoms with Crippen LogP contribution < -0.4 is 5.73 Å². The highest BCUT2D eigenvalue weighted by Gasteiger charge is 2.46. The third-order valence-corrected chi connectivity index (χ3v) is 2.79. The van der Waals surface area contributed by atoms with Gasteiger partial charge < -0.3 is 5.73 Å². The topological polar surface area (TPSA) is 26.0 Å². The van der Waals surface area contributed by atoms with Gasteiger partial charge in [-0.2, -0.15) is 0 Å². The quantitative estimate of drug-likeness (QED) is 0.536. The number of fused-ring (bicyclic) bond motifs is 1. The molecule has 2 fully saturated rings. The Morgan fingerprint density at radius 1 is 1.38 bits per heavy atom. The van der Waals surface area contributed by atoms with Crippen LogP contribution in [-0.2, 0) is 0 Å². The lowest BCUT2D eigenvalue weighted by atomic mass is 10.0. The third-order valence-electron chi connectivity index (χ3n) is 2.79. The molecule has 0 aromatic rings. The van der Waals surface area contributed by atoms with Gasteiger partial charge in [-0.3, -0.25) is 0 Å². The van der Waals surface area contributed by atoms with Crippen molar-refractivity contribution in [2.24, 2.45) is 23.5 Å². The summed E-state index contributed by atoms with van der Waals surface area (Å²) in [5.74, 6) is 3.10.